The minimum atomic E-state index is -5.90. The molecule has 3 nitrogen and oxygen atoms in total. The van der Waals surface area contributed by atoms with Gasteiger partial charge in [0.25, 0.3) is 5.60 Å². The van der Waals surface area contributed by atoms with Gasteiger partial charge in [0.15, 0.2) is 0 Å². The number of allylic oxidation sites excluding steroid dienone is 4. The molecule has 4 N–H and O–H groups in total. The number of fused-ring (bicyclic) bond motifs is 1. The van der Waals surface area contributed by atoms with Gasteiger partial charge in [-0.2, -0.15) is 26.3 Å². The molecule has 0 spiro atoms. The number of aliphatic hydroxyl groups excluding tert-OH is 1. The maximum Gasteiger partial charge on any atom is 0.429 e. The third-order valence-corrected chi connectivity index (χ3v) is 9.27. The zero-order chi connectivity index (χ0) is 28.4. The van der Waals surface area contributed by atoms with E-state index in [1.165, 1.54) is 0 Å². The minimum Gasteiger partial charge on any atom is -0.393 e. The van der Waals surface area contributed by atoms with Crippen LogP contribution in [0.5, 0.6) is 0 Å². The van der Waals surface area contributed by atoms with Crippen molar-refractivity contribution in [2.24, 2.45) is 16.6 Å². The van der Waals surface area contributed by atoms with Crippen molar-refractivity contribution in [1.29, 1.82) is 0 Å². The summed E-state index contributed by atoms with van der Waals surface area (Å²) in [5.41, 5.74) is 2.98. The number of halogens is 7. The Morgan fingerprint density at radius 1 is 1.11 bits per heavy atom. The number of nitrogens with two attached hydrogens (primary N) is 1. The van der Waals surface area contributed by atoms with Crippen LogP contribution in [0.25, 0.3) is 0 Å². The molecule has 212 valence electrons. The average molecular weight is 550 g/mol. The second kappa shape index (κ2) is 9.34. The monoisotopic (exact) mass is 549 g/mol. The molecule has 0 aromatic heterocycles. The Kier molecular flexibility index (Phi) is 7.15. The van der Waals surface area contributed by atoms with E-state index in [4.69, 9.17) is 5.73 Å². The second-order valence-corrected chi connectivity index (χ2v) is 11.6. The predicted molar refractivity (Wildman–Crippen MR) is 130 cm³/mol. The molecule has 0 amide bonds. The molecule has 4 aliphatic rings. The molecule has 0 aromatic carbocycles. The van der Waals surface area contributed by atoms with E-state index in [0.29, 0.717) is 49.7 Å². The van der Waals surface area contributed by atoms with E-state index in [9.17, 15) is 40.9 Å². The molecule has 4 aliphatic carbocycles. The van der Waals surface area contributed by atoms with Crippen LogP contribution >= 0.6 is 0 Å². The van der Waals surface area contributed by atoms with Crippen LogP contribution in [0.4, 0.5) is 30.7 Å². The van der Waals surface area contributed by atoms with Crippen molar-refractivity contribution in [3.63, 3.8) is 0 Å². The summed E-state index contributed by atoms with van der Waals surface area (Å²) >= 11 is 0. The molecule has 2 unspecified atom stereocenters. The highest BCUT2D eigenvalue weighted by Crippen LogP contribution is 2.68. The second-order valence-electron chi connectivity index (χ2n) is 11.6. The van der Waals surface area contributed by atoms with Gasteiger partial charge in [0, 0.05) is 17.4 Å². The lowest BCUT2D eigenvalue weighted by molar-refractivity contribution is -0.347. The smallest absolute Gasteiger partial charge is 0.393 e. The molecule has 0 aromatic rings. The standard InChI is InChI=1S/C28H34F7NO2/c1-17-18(15-20(37)16-21(17)29)6-7-19-5-3-9-23(2)22(8-12-25(19,23)36)24(13-14-24)10-4-11-26(38,27(30,31)32)28(33,34)35/h4,6-8,11,20-21,37-38H,1,3,5,9-10,12-16,36H2,2H3/b11-4+,18-6-,19-7+/t20-,21?,23?,25-/m1/s1. The Morgan fingerprint density at radius 3 is 2.32 bits per heavy atom. The zero-order valence-corrected chi connectivity index (χ0v) is 21.2. The van der Waals surface area contributed by atoms with E-state index in [2.05, 4.69) is 6.58 Å². The highest BCUT2D eigenvalue weighted by Gasteiger charge is 2.69. The Bertz CT molecular complexity index is 1080. The molecule has 4 rings (SSSR count). The van der Waals surface area contributed by atoms with Crippen molar-refractivity contribution in [3.8, 4) is 0 Å². The predicted octanol–water partition coefficient (Wildman–Crippen LogP) is 6.69. The van der Waals surface area contributed by atoms with Gasteiger partial charge in [0.1, 0.15) is 6.17 Å². The largest absolute Gasteiger partial charge is 0.429 e. The van der Waals surface area contributed by atoms with Crippen LogP contribution in [0.2, 0.25) is 0 Å². The van der Waals surface area contributed by atoms with E-state index in [-0.39, 0.29) is 18.9 Å². The first kappa shape index (κ1) is 29.1. The van der Waals surface area contributed by atoms with Crippen molar-refractivity contribution in [1.82, 2.24) is 0 Å². The fraction of sp³-hybridized carbons (Fsp3) is 0.643. The molecule has 3 fully saturated rings. The van der Waals surface area contributed by atoms with Crippen molar-refractivity contribution in [2.45, 2.75) is 100 Å². The van der Waals surface area contributed by atoms with Gasteiger partial charge in [-0.25, -0.2) is 4.39 Å². The third-order valence-electron chi connectivity index (χ3n) is 9.27. The molecule has 0 aliphatic heterocycles. The molecule has 0 heterocycles. The van der Waals surface area contributed by atoms with Gasteiger partial charge in [0.05, 0.1) is 6.10 Å². The van der Waals surface area contributed by atoms with Gasteiger partial charge in [0.2, 0.25) is 0 Å². The Labute approximate surface area is 217 Å². The van der Waals surface area contributed by atoms with Crippen LogP contribution in [0, 0.1) is 10.8 Å². The Morgan fingerprint density at radius 2 is 1.74 bits per heavy atom. The summed E-state index contributed by atoms with van der Waals surface area (Å²) in [5.74, 6) is 0. The Balaban J connectivity index is 1.58. The number of hydrogen-bond acceptors (Lipinski definition) is 3. The molecular weight excluding hydrogens is 515 g/mol. The first-order valence-corrected chi connectivity index (χ1v) is 12.9. The van der Waals surface area contributed by atoms with E-state index >= 15 is 0 Å². The van der Waals surface area contributed by atoms with Crippen molar-refractivity contribution in [2.75, 3.05) is 0 Å². The summed E-state index contributed by atoms with van der Waals surface area (Å²) in [6.07, 6.45) is -3.60. The van der Waals surface area contributed by atoms with Gasteiger partial charge in [-0.05, 0) is 79.6 Å². The summed E-state index contributed by atoms with van der Waals surface area (Å²) in [6.45, 7) is 5.81. The quantitative estimate of drug-likeness (QED) is 0.265. The number of hydrogen-bond donors (Lipinski definition) is 3. The van der Waals surface area contributed by atoms with Gasteiger partial charge >= 0.3 is 12.4 Å². The van der Waals surface area contributed by atoms with Crippen LogP contribution < -0.4 is 5.73 Å². The van der Waals surface area contributed by atoms with Crippen LogP contribution in [-0.2, 0) is 0 Å². The van der Waals surface area contributed by atoms with Crippen molar-refractivity contribution < 1.29 is 40.9 Å². The summed E-state index contributed by atoms with van der Waals surface area (Å²) < 4.78 is 92.7. The van der Waals surface area contributed by atoms with Gasteiger partial charge in [-0.3, -0.25) is 0 Å². The lowest BCUT2D eigenvalue weighted by Gasteiger charge is -2.50. The first-order chi connectivity index (χ1) is 17.4. The summed E-state index contributed by atoms with van der Waals surface area (Å²) in [7, 11) is 0. The lowest BCUT2D eigenvalue weighted by Crippen LogP contribution is -2.56. The van der Waals surface area contributed by atoms with Crippen LogP contribution in [0.15, 0.2) is 59.3 Å². The maximum atomic E-state index is 14.2. The fourth-order valence-corrected chi connectivity index (χ4v) is 6.65. The van der Waals surface area contributed by atoms with Gasteiger partial charge < -0.3 is 15.9 Å². The molecule has 0 bridgehead atoms. The summed E-state index contributed by atoms with van der Waals surface area (Å²) in [5, 5.41) is 19.4. The van der Waals surface area contributed by atoms with Crippen LogP contribution in [0.1, 0.15) is 64.7 Å². The normalized spacial score (nSPS) is 36.2. The zero-order valence-electron chi connectivity index (χ0n) is 21.2. The SMILES string of the molecule is C=C1/C(=C\C=C2/CCCC3(C)C(C4(C/C=C/C(O)(C(F)(F)F)C(F)(F)F)CC4)=CC[C@@]23N)C[C@@H](O)CC1F. The summed E-state index contributed by atoms with van der Waals surface area (Å²) in [4.78, 5) is 0. The molecule has 38 heavy (non-hydrogen) atoms. The van der Waals surface area contributed by atoms with E-state index in [0.717, 1.165) is 23.6 Å². The van der Waals surface area contributed by atoms with Gasteiger partial charge in [-0.1, -0.05) is 43.4 Å². The molecule has 0 saturated heterocycles. The van der Waals surface area contributed by atoms with Gasteiger partial charge in [-0.15, -0.1) is 0 Å². The molecule has 3 saturated carbocycles. The van der Waals surface area contributed by atoms with Crippen LogP contribution in [0.3, 0.4) is 0 Å². The maximum absolute atomic E-state index is 14.2. The molecule has 4 atom stereocenters. The van der Waals surface area contributed by atoms with E-state index in [1.807, 2.05) is 19.1 Å². The third kappa shape index (κ3) is 4.60. The van der Waals surface area contributed by atoms with E-state index < -0.39 is 46.6 Å². The molecular formula is C28H34F7NO2. The number of aliphatic hydroxyl groups is 2. The number of alkyl halides is 7. The molecule has 0 radical (unpaired) electrons. The van der Waals surface area contributed by atoms with Crippen molar-refractivity contribution in [3.05, 3.63) is 59.3 Å². The number of rotatable bonds is 5. The minimum absolute atomic E-state index is 0.0127. The Hall–Kier alpha value is -1.91. The molecule has 10 heteroatoms. The van der Waals surface area contributed by atoms with E-state index in [1.54, 1.807) is 6.08 Å². The lowest BCUT2D eigenvalue weighted by atomic mass is 9.57. The fourth-order valence-electron chi connectivity index (χ4n) is 6.65. The highest BCUT2D eigenvalue weighted by molar-refractivity contribution is 5.48. The highest BCUT2D eigenvalue weighted by atomic mass is 19.4. The van der Waals surface area contributed by atoms with Crippen LogP contribution in [-0.4, -0.2) is 46.0 Å². The topological polar surface area (TPSA) is 66.5 Å². The first-order valence-electron chi connectivity index (χ1n) is 12.9. The van der Waals surface area contributed by atoms with Crippen molar-refractivity contribution >= 4 is 0 Å². The summed E-state index contributed by atoms with van der Waals surface area (Å²) in [6, 6.07) is 0. The average Bonchev–Trinajstić information content (AvgIpc) is 3.50.